The van der Waals surface area contributed by atoms with Crippen molar-refractivity contribution in [3.63, 3.8) is 0 Å². The molecule has 5 nitrogen and oxygen atoms in total. The summed E-state index contributed by atoms with van der Waals surface area (Å²) in [5.74, 6) is 1.05. The summed E-state index contributed by atoms with van der Waals surface area (Å²) in [4.78, 5) is 16.6. The number of amides is 1. The fourth-order valence-electron chi connectivity index (χ4n) is 2.92. The SMILES string of the molecule is Cl.Cl.Cn1c(CNC(=O)C2CCC(N)C2)nc2ccccc21. The first-order valence-corrected chi connectivity index (χ1v) is 7.09. The molecule has 7 heteroatoms. The molecular weight excluding hydrogens is 323 g/mol. The number of rotatable bonds is 3. The van der Waals surface area contributed by atoms with Crippen molar-refractivity contribution >= 4 is 41.8 Å². The van der Waals surface area contributed by atoms with Crippen LogP contribution >= 0.6 is 24.8 Å². The summed E-state index contributed by atoms with van der Waals surface area (Å²) < 4.78 is 2.02. The van der Waals surface area contributed by atoms with Crippen molar-refractivity contribution in [3.8, 4) is 0 Å². The second kappa shape index (κ2) is 7.81. The largest absolute Gasteiger partial charge is 0.349 e. The lowest BCUT2D eigenvalue weighted by Gasteiger charge is -2.10. The summed E-state index contributed by atoms with van der Waals surface area (Å²) in [6.07, 6.45) is 2.65. The number of fused-ring (bicyclic) bond motifs is 1. The molecule has 1 aromatic carbocycles. The highest BCUT2D eigenvalue weighted by molar-refractivity contribution is 5.85. The molecule has 22 heavy (non-hydrogen) atoms. The van der Waals surface area contributed by atoms with Crippen molar-refractivity contribution < 1.29 is 4.79 Å². The topological polar surface area (TPSA) is 72.9 Å². The van der Waals surface area contributed by atoms with E-state index in [-0.39, 0.29) is 42.7 Å². The third kappa shape index (κ3) is 3.72. The van der Waals surface area contributed by atoms with E-state index in [0.717, 1.165) is 36.1 Å². The molecule has 1 aromatic heterocycles. The molecule has 1 heterocycles. The van der Waals surface area contributed by atoms with E-state index in [2.05, 4.69) is 10.3 Å². The Morgan fingerprint density at radius 2 is 2.09 bits per heavy atom. The second-order valence-corrected chi connectivity index (χ2v) is 5.56. The van der Waals surface area contributed by atoms with E-state index in [1.54, 1.807) is 0 Å². The molecule has 0 aliphatic heterocycles. The quantitative estimate of drug-likeness (QED) is 0.895. The molecule has 1 fully saturated rings. The Hall–Kier alpha value is -1.30. The first-order chi connectivity index (χ1) is 9.65. The number of halogens is 2. The van der Waals surface area contributed by atoms with E-state index in [1.807, 2.05) is 35.9 Å². The Bertz CT molecular complexity index is 644. The lowest BCUT2D eigenvalue weighted by molar-refractivity contribution is -0.125. The van der Waals surface area contributed by atoms with Crippen LogP contribution in [0.15, 0.2) is 24.3 Å². The number of nitrogens with two attached hydrogens (primary N) is 1. The number of hydrogen-bond donors (Lipinski definition) is 2. The molecule has 0 saturated heterocycles. The average Bonchev–Trinajstić information content (AvgIpc) is 3.01. The van der Waals surface area contributed by atoms with Crippen molar-refractivity contribution in [2.24, 2.45) is 18.7 Å². The van der Waals surface area contributed by atoms with Crippen molar-refractivity contribution in [2.45, 2.75) is 31.8 Å². The first-order valence-electron chi connectivity index (χ1n) is 7.09. The number of benzene rings is 1. The van der Waals surface area contributed by atoms with Gasteiger partial charge in [0, 0.05) is 19.0 Å². The van der Waals surface area contributed by atoms with E-state index in [1.165, 1.54) is 0 Å². The minimum absolute atomic E-state index is 0. The Morgan fingerprint density at radius 1 is 1.36 bits per heavy atom. The number of imidazole rings is 1. The normalized spacial score (nSPS) is 20.3. The number of aromatic nitrogens is 2. The van der Waals surface area contributed by atoms with Crippen LogP contribution in [0.25, 0.3) is 11.0 Å². The molecule has 0 spiro atoms. The Labute approximate surface area is 142 Å². The van der Waals surface area contributed by atoms with E-state index in [9.17, 15) is 4.79 Å². The van der Waals surface area contributed by atoms with Gasteiger partial charge < -0.3 is 15.6 Å². The summed E-state index contributed by atoms with van der Waals surface area (Å²) in [5.41, 5.74) is 7.89. The van der Waals surface area contributed by atoms with Gasteiger partial charge >= 0.3 is 0 Å². The zero-order chi connectivity index (χ0) is 14.1. The van der Waals surface area contributed by atoms with Gasteiger partial charge in [0.05, 0.1) is 17.6 Å². The highest BCUT2D eigenvalue weighted by Crippen LogP contribution is 2.24. The molecule has 2 unspecified atom stereocenters. The van der Waals surface area contributed by atoms with Crippen LogP contribution < -0.4 is 11.1 Å². The molecule has 1 aliphatic rings. The number of carbonyl (C=O) groups excluding carboxylic acids is 1. The molecule has 1 amide bonds. The average molecular weight is 345 g/mol. The van der Waals surface area contributed by atoms with Gasteiger partial charge in [-0.25, -0.2) is 4.98 Å². The third-order valence-corrected chi connectivity index (χ3v) is 4.14. The fraction of sp³-hybridized carbons (Fsp3) is 0.467. The number of aryl methyl sites for hydroxylation is 1. The van der Waals surface area contributed by atoms with Crippen LogP contribution in [-0.2, 0) is 18.4 Å². The van der Waals surface area contributed by atoms with Gasteiger partial charge in [-0.15, -0.1) is 24.8 Å². The maximum absolute atomic E-state index is 12.1. The molecular formula is C15H22Cl2N4O. The van der Waals surface area contributed by atoms with E-state index in [0.29, 0.717) is 6.54 Å². The maximum Gasteiger partial charge on any atom is 0.223 e. The first kappa shape index (κ1) is 18.7. The van der Waals surface area contributed by atoms with Crippen molar-refractivity contribution in [3.05, 3.63) is 30.1 Å². The predicted octanol–water partition coefficient (Wildman–Crippen LogP) is 2.16. The lowest BCUT2D eigenvalue weighted by atomic mass is 10.1. The highest BCUT2D eigenvalue weighted by Gasteiger charge is 2.27. The zero-order valence-corrected chi connectivity index (χ0v) is 14.1. The van der Waals surface area contributed by atoms with Crippen LogP contribution in [0.3, 0.4) is 0 Å². The van der Waals surface area contributed by atoms with Gasteiger partial charge in [0.25, 0.3) is 0 Å². The van der Waals surface area contributed by atoms with Gasteiger partial charge in [0.2, 0.25) is 5.91 Å². The lowest BCUT2D eigenvalue weighted by Crippen LogP contribution is -2.30. The number of para-hydroxylation sites is 2. The third-order valence-electron chi connectivity index (χ3n) is 4.14. The number of carbonyl (C=O) groups is 1. The van der Waals surface area contributed by atoms with E-state index in [4.69, 9.17) is 5.73 Å². The van der Waals surface area contributed by atoms with E-state index < -0.39 is 0 Å². The van der Waals surface area contributed by atoms with Gasteiger partial charge in [-0.05, 0) is 31.4 Å². The maximum atomic E-state index is 12.1. The smallest absolute Gasteiger partial charge is 0.223 e. The van der Waals surface area contributed by atoms with Crippen molar-refractivity contribution in [2.75, 3.05) is 0 Å². The molecule has 1 aliphatic carbocycles. The number of hydrogen-bond acceptors (Lipinski definition) is 3. The molecule has 0 radical (unpaired) electrons. The van der Waals surface area contributed by atoms with Crippen LogP contribution in [0.1, 0.15) is 25.1 Å². The summed E-state index contributed by atoms with van der Waals surface area (Å²) in [5, 5.41) is 2.99. The van der Waals surface area contributed by atoms with Crippen molar-refractivity contribution in [1.82, 2.24) is 14.9 Å². The van der Waals surface area contributed by atoms with Gasteiger partial charge in [0.15, 0.2) is 0 Å². The monoisotopic (exact) mass is 344 g/mol. The van der Waals surface area contributed by atoms with Gasteiger partial charge in [-0.1, -0.05) is 12.1 Å². The van der Waals surface area contributed by atoms with Crippen LogP contribution in [0.4, 0.5) is 0 Å². The summed E-state index contributed by atoms with van der Waals surface area (Å²) >= 11 is 0. The Morgan fingerprint density at radius 3 is 2.73 bits per heavy atom. The Kier molecular flexibility index (Phi) is 6.66. The molecule has 3 N–H and O–H groups in total. The van der Waals surface area contributed by atoms with Gasteiger partial charge in [0.1, 0.15) is 5.82 Å². The molecule has 122 valence electrons. The zero-order valence-electron chi connectivity index (χ0n) is 12.5. The standard InChI is InChI=1S/C15H20N4O.2ClH/c1-19-13-5-3-2-4-12(13)18-14(19)9-17-15(20)10-6-7-11(16)8-10;;/h2-5,10-11H,6-9,16H2,1H3,(H,17,20);2*1H. The number of nitrogens with zero attached hydrogens (tertiary/aromatic N) is 2. The van der Waals surface area contributed by atoms with Gasteiger partial charge in [-0.2, -0.15) is 0 Å². The Balaban J connectivity index is 0.00000121. The minimum Gasteiger partial charge on any atom is -0.349 e. The van der Waals surface area contributed by atoms with Crippen LogP contribution in [0.2, 0.25) is 0 Å². The molecule has 2 aromatic rings. The minimum atomic E-state index is 0. The van der Waals surface area contributed by atoms with Gasteiger partial charge in [-0.3, -0.25) is 4.79 Å². The predicted molar refractivity (Wildman–Crippen MR) is 92.4 cm³/mol. The summed E-state index contributed by atoms with van der Waals surface area (Å²) in [6.45, 7) is 0.468. The molecule has 3 rings (SSSR count). The molecule has 0 bridgehead atoms. The molecule has 2 atom stereocenters. The van der Waals surface area contributed by atoms with Crippen LogP contribution in [0.5, 0.6) is 0 Å². The van der Waals surface area contributed by atoms with E-state index >= 15 is 0 Å². The summed E-state index contributed by atoms with van der Waals surface area (Å²) in [6, 6.07) is 8.16. The van der Waals surface area contributed by atoms with Crippen LogP contribution in [-0.4, -0.2) is 21.5 Å². The highest BCUT2D eigenvalue weighted by atomic mass is 35.5. The number of nitrogens with one attached hydrogen (secondary N) is 1. The second-order valence-electron chi connectivity index (χ2n) is 5.56. The molecule has 1 saturated carbocycles. The van der Waals surface area contributed by atoms with Crippen molar-refractivity contribution in [1.29, 1.82) is 0 Å². The fourth-order valence-corrected chi connectivity index (χ4v) is 2.92. The summed E-state index contributed by atoms with van der Waals surface area (Å²) in [7, 11) is 1.97. The van der Waals surface area contributed by atoms with Crippen LogP contribution in [0, 0.1) is 5.92 Å².